The van der Waals surface area contributed by atoms with Crippen LogP contribution in [-0.2, 0) is 19.1 Å². The van der Waals surface area contributed by atoms with Crippen LogP contribution in [0.5, 0.6) is 0 Å². The molecule has 2 N–H and O–H groups in total. The minimum absolute atomic E-state index is 0.0313. The van der Waals surface area contributed by atoms with E-state index in [0.29, 0.717) is 10.9 Å². The van der Waals surface area contributed by atoms with Crippen LogP contribution in [0.2, 0.25) is 0 Å². The highest BCUT2D eigenvalue weighted by atomic mass is 32.2. The molecule has 0 radical (unpaired) electrons. The highest BCUT2D eigenvalue weighted by molar-refractivity contribution is 8.15. The maximum atomic E-state index is 12.5. The molecule has 1 aromatic carbocycles. The molecule has 0 aliphatic carbocycles. The minimum Gasteiger partial charge on any atom is -0.449 e. The van der Waals surface area contributed by atoms with Crippen LogP contribution < -0.4 is 10.6 Å². The Morgan fingerprint density at radius 2 is 1.88 bits per heavy atom. The van der Waals surface area contributed by atoms with Gasteiger partial charge in [-0.3, -0.25) is 14.4 Å². The Morgan fingerprint density at radius 3 is 2.48 bits per heavy atom. The Bertz CT molecular complexity index is 937. The second-order valence-corrected chi connectivity index (χ2v) is 9.80. The van der Waals surface area contributed by atoms with Gasteiger partial charge >= 0.3 is 5.97 Å². The number of nitrogens with one attached hydrogen (secondary N) is 2. The number of aliphatic imine (C=N–C) groups is 1. The monoisotopic (exact) mass is 476 g/mol. The van der Waals surface area contributed by atoms with Crippen LogP contribution in [-0.4, -0.2) is 63.7 Å². The van der Waals surface area contributed by atoms with Gasteiger partial charge in [0.05, 0.1) is 5.56 Å². The quantitative estimate of drug-likeness (QED) is 0.554. The Kier molecular flexibility index (Phi) is 9.04. The molecule has 2 rings (SSSR count). The van der Waals surface area contributed by atoms with Crippen molar-refractivity contribution >= 4 is 46.3 Å². The number of thioether (sulfide) groups is 1. The van der Waals surface area contributed by atoms with Gasteiger partial charge in [0.2, 0.25) is 5.91 Å². The van der Waals surface area contributed by atoms with Gasteiger partial charge < -0.3 is 20.3 Å². The van der Waals surface area contributed by atoms with Crippen LogP contribution in [0.3, 0.4) is 0 Å². The van der Waals surface area contributed by atoms with E-state index in [2.05, 4.69) is 15.6 Å². The first kappa shape index (κ1) is 26.4. The number of carbonyl (C=O) groups excluding carboxylic acids is 4. The van der Waals surface area contributed by atoms with E-state index in [9.17, 15) is 19.2 Å². The van der Waals surface area contributed by atoms with Crippen molar-refractivity contribution in [1.82, 2.24) is 10.2 Å². The van der Waals surface area contributed by atoms with E-state index in [1.807, 2.05) is 39.5 Å². The zero-order valence-corrected chi connectivity index (χ0v) is 20.7. The van der Waals surface area contributed by atoms with Crippen LogP contribution in [0.15, 0.2) is 29.3 Å². The first-order valence-electron chi connectivity index (χ1n) is 10.9. The van der Waals surface area contributed by atoms with E-state index in [-0.39, 0.29) is 23.8 Å². The second kappa shape index (κ2) is 11.3. The van der Waals surface area contributed by atoms with Crippen molar-refractivity contribution in [3.05, 3.63) is 29.8 Å². The van der Waals surface area contributed by atoms with Gasteiger partial charge in [0, 0.05) is 30.7 Å². The fraction of sp³-hybridized carbons (Fsp3) is 0.522. The molecule has 2 atom stereocenters. The summed E-state index contributed by atoms with van der Waals surface area (Å²) in [5, 5.41) is 5.52. The summed E-state index contributed by atoms with van der Waals surface area (Å²) in [6.45, 7) is 12.4. The standard InChI is InChI=1S/C23H32N4O5S/c1-7-27(8-2)22-25-20(30)17(33-22)13-18(28)24-16-11-9-10-15(12-16)21(31)32-14(3)19(29)26-23(4,5)6/h9-12,14,17H,7-8,13H2,1-6H3,(H,24,28)(H,26,29)/t14-,17+/m0/s1. The molecule has 0 saturated carbocycles. The van der Waals surface area contributed by atoms with Gasteiger partial charge in [0.25, 0.3) is 11.8 Å². The summed E-state index contributed by atoms with van der Waals surface area (Å²) in [4.78, 5) is 55.3. The number of hydrogen-bond donors (Lipinski definition) is 2. The van der Waals surface area contributed by atoms with E-state index in [1.165, 1.54) is 30.8 Å². The van der Waals surface area contributed by atoms with Gasteiger partial charge in [-0.05, 0) is 59.7 Å². The van der Waals surface area contributed by atoms with Crippen LogP contribution in [0.1, 0.15) is 58.3 Å². The fourth-order valence-corrected chi connectivity index (χ4v) is 4.19. The smallest absolute Gasteiger partial charge is 0.338 e. The first-order valence-corrected chi connectivity index (χ1v) is 11.8. The molecule has 1 aliphatic heterocycles. The van der Waals surface area contributed by atoms with Crippen LogP contribution >= 0.6 is 11.8 Å². The average molecular weight is 477 g/mol. The van der Waals surface area contributed by atoms with E-state index in [1.54, 1.807) is 12.1 Å². The maximum absolute atomic E-state index is 12.5. The molecule has 0 fully saturated rings. The Labute approximate surface area is 198 Å². The van der Waals surface area contributed by atoms with Gasteiger partial charge in [-0.2, -0.15) is 4.99 Å². The lowest BCUT2D eigenvalue weighted by atomic mass is 10.1. The first-order chi connectivity index (χ1) is 15.4. The van der Waals surface area contributed by atoms with E-state index in [4.69, 9.17) is 4.74 Å². The predicted octanol–water partition coefficient (Wildman–Crippen LogP) is 2.81. The molecule has 0 spiro atoms. The summed E-state index contributed by atoms with van der Waals surface area (Å²) >= 11 is 1.29. The molecular weight excluding hydrogens is 444 g/mol. The highest BCUT2D eigenvalue weighted by Crippen LogP contribution is 2.27. The van der Waals surface area contributed by atoms with Gasteiger partial charge in [-0.25, -0.2) is 4.79 Å². The summed E-state index contributed by atoms with van der Waals surface area (Å²) in [6, 6.07) is 6.23. The van der Waals surface area contributed by atoms with E-state index in [0.717, 1.165) is 13.1 Å². The normalized spacial score (nSPS) is 16.6. The second-order valence-electron chi connectivity index (χ2n) is 8.63. The molecule has 10 heteroatoms. The van der Waals surface area contributed by atoms with Gasteiger partial charge in [-0.15, -0.1) is 0 Å². The predicted molar refractivity (Wildman–Crippen MR) is 129 cm³/mol. The summed E-state index contributed by atoms with van der Waals surface area (Å²) < 4.78 is 5.25. The molecule has 9 nitrogen and oxygen atoms in total. The number of esters is 1. The zero-order chi connectivity index (χ0) is 24.8. The number of benzene rings is 1. The topological polar surface area (TPSA) is 117 Å². The van der Waals surface area contributed by atoms with Crippen LogP contribution in [0.25, 0.3) is 0 Å². The highest BCUT2D eigenvalue weighted by Gasteiger charge is 2.32. The van der Waals surface area contributed by atoms with Crippen molar-refractivity contribution in [2.75, 3.05) is 18.4 Å². The zero-order valence-electron chi connectivity index (χ0n) is 19.9. The van der Waals surface area contributed by atoms with Gasteiger partial charge in [0.1, 0.15) is 5.25 Å². The summed E-state index contributed by atoms with van der Waals surface area (Å²) in [5.74, 6) is -1.76. The molecule has 0 aromatic heterocycles. The summed E-state index contributed by atoms with van der Waals surface area (Å²) in [5.41, 5.74) is 0.140. The molecule has 1 heterocycles. The minimum atomic E-state index is -0.972. The third-order valence-corrected chi connectivity index (χ3v) is 5.88. The molecular formula is C23H32N4O5S. The summed E-state index contributed by atoms with van der Waals surface area (Å²) in [6.07, 6.45) is -1.00. The fourth-order valence-electron chi connectivity index (χ4n) is 3.00. The number of rotatable bonds is 8. The number of nitrogens with zero attached hydrogens (tertiary/aromatic N) is 2. The molecule has 180 valence electrons. The van der Waals surface area contributed by atoms with Gasteiger partial charge in [0.15, 0.2) is 11.3 Å². The maximum Gasteiger partial charge on any atom is 0.338 e. The van der Waals surface area contributed by atoms with E-state index < -0.39 is 28.8 Å². The molecule has 0 bridgehead atoms. The number of amides is 3. The molecule has 33 heavy (non-hydrogen) atoms. The summed E-state index contributed by atoms with van der Waals surface area (Å²) in [7, 11) is 0. The number of hydrogen-bond acceptors (Lipinski definition) is 7. The number of amidine groups is 1. The SMILES string of the molecule is CCN(CC)C1=NC(=O)[C@@H](CC(=O)Nc2cccc(C(=O)O[C@@H](C)C(=O)NC(C)(C)C)c2)S1. The largest absolute Gasteiger partial charge is 0.449 e. The van der Waals surface area contributed by atoms with Crippen molar-refractivity contribution in [3.63, 3.8) is 0 Å². The molecule has 3 amide bonds. The average Bonchev–Trinajstić information content (AvgIpc) is 3.07. The van der Waals surface area contributed by atoms with Crippen LogP contribution in [0.4, 0.5) is 5.69 Å². The molecule has 1 aliphatic rings. The lowest BCUT2D eigenvalue weighted by molar-refractivity contribution is -0.130. The third kappa shape index (κ3) is 7.88. The van der Waals surface area contributed by atoms with Crippen LogP contribution in [0, 0.1) is 0 Å². The van der Waals surface area contributed by atoms with Crippen molar-refractivity contribution in [2.45, 2.75) is 64.9 Å². The van der Waals surface area contributed by atoms with Crippen molar-refractivity contribution < 1.29 is 23.9 Å². The number of ether oxygens (including phenoxy) is 1. The Morgan fingerprint density at radius 1 is 1.21 bits per heavy atom. The molecule has 0 saturated heterocycles. The third-order valence-electron chi connectivity index (χ3n) is 4.67. The van der Waals surface area contributed by atoms with Crippen molar-refractivity contribution in [1.29, 1.82) is 0 Å². The van der Waals surface area contributed by atoms with Crippen molar-refractivity contribution in [3.8, 4) is 0 Å². The van der Waals surface area contributed by atoms with Gasteiger partial charge in [-0.1, -0.05) is 17.8 Å². The molecule has 1 aromatic rings. The number of carbonyl (C=O) groups is 4. The lowest BCUT2D eigenvalue weighted by Gasteiger charge is -2.23. The Hall–Kier alpha value is -2.88. The van der Waals surface area contributed by atoms with E-state index >= 15 is 0 Å². The Balaban J connectivity index is 1.94. The molecule has 0 unspecified atom stereocenters. The van der Waals surface area contributed by atoms with Crippen molar-refractivity contribution in [2.24, 2.45) is 4.99 Å². The number of anilines is 1. The lowest BCUT2D eigenvalue weighted by Crippen LogP contribution is -2.46.